The number of anilines is 1. The molecule has 8 heteroatoms. The van der Waals surface area contributed by atoms with Crippen LogP contribution in [0.1, 0.15) is 31.7 Å². The molecule has 1 heterocycles. The van der Waals surface area contributed by atoms with Gasteiger partial charge in [-0.15, -0.1) is 0 Å². The van der Waals surface area contributed by atoms with E-state index in [4.69, 9.17) is 9.47 Å². The lowest BCUT2D eigenvalue weighted by Crippen LogP contribution is -2.32. The van der Waals surface area contributed by atoms with Crippen LogP contribution in [0, 0.1) is 6.92 Å². The molecule has 7 nitrogen and oxygen atoms in total. The molecular formula is C22H28N2O5S. The van der Waals surface area contributed by atoms with Crippen LogP contribution in [0.2, 0.25) is 0 Å². The average molecular weight is 433 g/mol. The molecule has 2 aromatic carbocycles. The largest absolute Gasteiger partial charge is 0.495 e. The summed E-state index contributed by atoms with van der Waals surface area (Å²) in [6.07, 6.45) is 1.43. The highest BCUT2D eigenvalue weighted by atomic mass is 32.2. The highest BCUT2D eigenvalue weighted by Crippen LogP contribution is 2.30. The second-order valence-corrected chi connectivity index (χ2v) is 9.23. The van der Waals surface area contributed by atoms with Crippen molar-refractivity contribution in [3.63, 3.8) is 0 Å². The summed E-state index contributed by atoms with van der Waals surface area (Å²) >= 11 is 0. The van der Waals surface area contributed by atoms with Gasteiger partial charge in [0.15, 0.2) is 6.10 Å². The Balaban J connectivity index is 1.82. The van der Waals surface area contributed by atoms with Gasteiger partial charge in [-0.05, 0) is 62.1 Å². The van der Waals surface area contributed by atoms with Gasteiger partial charge in [0.1, 0.15) is 11.5 Å². The first kappa shape index (κ1) is 22.1. The SMILES string of the molecule is CC[C@H](Oc1cccc(C)c1)C(=O)Nc1cc(S(=O)(=O)N2CCCC2)ccc1OC. The van der Waals surface area contributed by atoms with E-state index in [9.17, 15) is 13.2 Å². The summed E-state index contributed by atoms with van der Waals surface area (Å²) in [4.78, 5) is 13.0. The number of nitrogens with zero attached hydrogens (tertiary/aromatic N) is 1. The van der Waals surface area contributed by atoms with Gasteiger partial charge >= 0.3 is 0 Å². The van der Waals surface area contributed by atoms with Gasteiger partial charge in [-0.25, -0.2) is 8.42 Å². The highest BCUT2D eigenvalue weighted by molar-refractivity contribution is 7.89. The fraction of sp³-hybridized carbons (Fsp3) is 0.409. The Morgan fingerprint density at radius 2 is 1.90 bits per heavy atom. The Morgan fingerprint density at radius 1 is 1.17 bits per heavy atom. The van der Waals surface area contributed by atoms with Crippen molar-refractivity contribution in [2.24, 2.45) is 0 Å². The average Bonchev–Trinajstić information content (AvgIpc) is 3.27. The molecule has 1 saturated heterocycles. The van der Waals surface area contributed by atoms with Crippen molar-refractivity contribution < 1.29 is 22.7 Å². The third-order valence-corrected chi connectivity index (χ3v) is 6.96. The minimum Gasteiger partial charge on any atom is -0.495 e. The van der Waals surface area contributed by atoms with E-state index in [-0.39, 0.29) is 10.8 Å². The monoisotopic (exact) mass is 432 g/mol. The maximum atomic E-state index is 12.9. The van der Waals surface area contributed by atoms with E-state index in [2.05, 4.69) is 5.32 Å². The molecule has 2 aromatic rings. The first-order valence-corrected chi connectivity index (χ1v) is 11.5. The Hall–Kier alpha value is -2.58. The molecule has 1 N–H and O–H groups in total. The number of sulfonamides is 1. The Labute approximate surface area is 178 Å². The van der Waals surface area contributed by atoms with E-state index in [1.165, 1.54) is 23.5 Å². The first-order valence-electron chi connectivity index (χ1n) is 10.1. The fourth-order valence-corrected chi connectivity index (χ4v) is 4.96. The molecule has 0 unspecified atom stereocenters. The minimum absolute atomic E-state index is 0.133. The van der Waals surface area contributed by atoms with Crippen LogP contribution in [0.25, 0.3) is 0 Å². The Bertz CT molecular complexity index is 1000. The van der Waals surface area contributed by atoms with E-state index in [0.717, 1.165) is 18.4 Å². The third kappa shape index (κ3) is 4.94. The Morgan fingerprint density at radius 3 is 2.53 bits per heavy atom. The van der Waals surface area contributed by atoms with Gasteiger partial charge in [-0.3, -0.25) is 4.79 Å². The van der Waals surface area contributed by atoms with Gasteiger partial charge < -0.3 is 14.8 Å². The third-order valence-electron chi connectivity index (χ3n) is 5.06. The predicted molar refractivity (Wildman–Crippen MR) is 116 cm³/mol. The van der Waals surface area contributed by atoms with Crippen molar-refractivity contribution in [1.29, 1.82) is 0 Å². The summed E-state index contributed by atoms with van der Waals surface area (Å²) in [5.41, 5.74) is 1.33. The smallest absolute Gasteiger partial charge is 0.265 e. The number of amides is 1. The van der Waals surface area contributed by atoms with E-state index >= 15 is 0 Å². The van der Waals surface area contributed by atoms with Crippen LogP contribution in [-0.2, 0) is 14.8 Å². The maximum absolute atomic E-state index is 12.9. The van der Waals surface area contributed by atoms with Gasteiger partial charge in [0, 0.05) is 13.1 Å². The van der Waals surface area contributed by atoms with Gasteiger partial charge in [0.25, 0.3) is 5.91 Å². The summed E-state index contributed by atoms with van der Waals surface area (Å²) < 4.78 is 38.4. The van der Waals surface area contributed by atoms with Gasteiger partial charge in [-0.1, -0.05) is 19.1 Å². The van der Waals surface area contributed by atoms with Gasteiger partial charge in [0.05, 0.1) is 17.7 Å². The number of hydrogen-bond acceptors (Lipinski definition) is 5. The normalized spacial score (nSPS) is 15.6. The molecule has 1 atom stereocenters. The molecule has 3 rings (SSSR count). The first-order chi connectivity index (χ1) is 14.3. The number of benzene rings is 2. The van der Waals surface area contributed by atoms with Crippen molar-refractivity contribution in [3.05, 3.63) is 48.0 Å². The maximum Gasteiger partial charge on any atom is 0.265 e. The van der Waals surface area contributed by atoms with Crippen LogP contribution in [0.3, 0.4) is 0 Å². The lowest BCUT2D eigenvalue weighted by atomic mass is 10.2. The summed E-state index contributed by atoms with van der Waals surface area (Å²) in [6, 6.07) is 12.0. The molecule has 0 aromatic heterocycles. The standard InChI is InChI=1S/C22H28N2O5S/c1-4-20(29-17-9-7-8-16(2)14-17)22(25)23-19-15-18(10-11-21(19)28-3)30(26,27)24-12-5-6-13-24/h7-11,14-15,20H,4-6,12-13H2,1-3H3,(H,23,25)/t20-/m0/s1. The van der Waals surface area contributed by atoms with Crippen molar-refractivity contribution in [1.82, 2.24) is 4.31 Å². The zero-order valence-electron chi connectivity index (χ0n) is 17.6. The number of hydrogen-bond donors (Lipinski definition) is 1. The number of carbonyl (C=O) groups excluding carboxylic acids is 1. The zero-order chi connectivity index (χ0) is 21.7. The number of nitrogens with one attached hydrogen (secondary N) is 1. The van der Waals surface area contributed by atoms with E-state index in [1.807, 2.05) is 32.0 Å². The molecule has 0 bridgehead atoms. The molecule has 1 amide bonds. The molecule has 0 radical (unpaired) electrons. The van der Waals surface area contributed by atoms with Crippen LogP contribution < -0.4 is 14.8 Å². The second kappa shape index (κ2) is 9.49. The fourth-order valence-electron chi connectivity index (χ4n) is 3.41. The van der Waals surface area contributed by atoms with Crippen LogP contribution in [0.4, 0.5) is 5.69 Å². The van der Waals surface area contributed by atoms with E-state index in [0.29, 0.717) is 36.7 Å². The van der Waals surface area contributed by atoms with Gasteiger partial charge in [0.2, 0.25) is 10.0 Å². The van der Waals surface area contributed by atoms with Crippen molar-refractivity contribution in [2.75, 3.05) is 25.5 Å². The lowest BCUT2D eigenvalue weighted by Gasteiger charge is -2.20. The van der Waals surface area contributed by atoms with Crippen molar-refractivity contribution in [2.45, 2.75) is 44.1 Å². The molecule has 30 heavy (non-hydrogen) atoms. The predicted octanol–water partition coefficient (Wildman–Crippen LogP) is 3.58. The topological polar surface area (TPSA) is 84.9 Å². The van der Waals surface area contributed by atoms with Gasteiger partial charge in [-0.2, -0.15) is 4.31 Å². The summed E-state index contributed by atoms with van der Waals surface area (Å²) in [5.74, 6) is 0.622. The number of aryl methyl sites for hydroxylation is 1. The summed E-state index contributed by atoms with van der Waals surface area (Å²) in [5, 5.41) is 2.78. The quantitative estimate of drug-likeness (QED) is 0.689. The number of methoxy groups -OCH3 is 1. The minimum atomic E-state index is -3.61. The molecule has 0 saturated carbocycles. The number of rotatable bonds is 8. The molecule has 0 spiro atoms. The summed E-state index contributed by atoms with van der Waals surface area (Å²) in [6.45, 7) is 4.83. The van der Waals surface area contributed by atoms with E-state index in [1.54, 1.807) is 12.1 Å². The molecule has 0 aliphatic carbocycles. The number of carbonyl (C=O) groups is 1. The number of ether oxygens (including phenoxy) is 2. The molecule has 1 aliphatic rings. The summed E-state index contributed by atoms with van der Waals surface area (Å²) in [7, 11) is -2.13. The second-order valence-electron chi connectivity index (χ2n) is 7.29. The van der Waals surface area contributed by atoms with Crippen molar-refractivity contribution in [3.8, 4) is 11.5 Å². The molecule has 1 fully saturated rings. The van der Waals surface area contributed by atoms with Crippen molar-refractivity contribution >= 4 is 21.6 Å². The highest BCUT2D eigenvalue weighted by Gasteiger charge is 2.28. The zero-order valence-corrected chi connectivity index (χ0v) is 18.4. The van der Waals surface area contributed by atoms with Crippen LogP contribution >= 0.6 is 0 Å². The van der Waals surface area contributed by atoms with Crippen LogP contribution in [0.15, 0.2) is 47.4 Å². The van der Waals surface area contributed by atoms with Crippen LogP contribution in [0.5, 0.6) is 11.5 Å². The van der Waals surface area contributed by atoms with Crippen LogP contribution in [-0.4, -0.2) is 44.9 Å². The molecule has 162 valence electrons. The molecular weight excluding hydrogens is 404 g/mol. The van der Waals surface area contributed by atoms with E-state index < -0.39 is 16.1 Å². The molecule has 1 aliphatic heterocycles. The Kier molecular flexibility index (Phi) is 6.99. The lowest BCUT2D eigenvalue weighted by molar-refractivity contribution is -0.122.